The van der Waals surface area contributed by atoms with E-state index in [1.807, 2.05) is 40.6 Å². The van der Waals surface area contributed by atoms with Crippen LogP contribution in [0.5, 0.6) is 0 Å². The number of thiazole rings is 1. The maximum absolute atomic E-state index is 13.4. The number of hydrogen-bond donors (Lipinski definition) is 0. The lowest BCUT2D eigenvalue weighted by Crippen LogP contribution is -2.39. The van der Waals surface area contributed by atoms with Gasteiger partial charge in [-0.05, 0) is 34.9 Å². The molecular weight excluding hydrogens is 392 g/mol. The summed E-state index contributed by atoms with van der Waals surface area (Å²) in [6.45, 7) is 0.729. The van der Waals surface area contributed by atoms with Gasteiger partial charge in [-0.2, -0.15) is 0 Å². The Morgan fingerprint density at radius 2 is 1.89 bits per heavy atom. The number of fused-ring (bicyclic) bond motifs is 1. The second-order valence-electron chi connectivity index (χ2n) is 6.37. The fraction of sp³-hybridized carbons (Fsp3) is 0.143. The highest BCUT2D eigenvalue weighted by atomic mass is 32.1. The van der Waals surface area contributed by atoms with Gasteiger partial charge in [-0.3, -0.25) is 4.79 Å². The SMILES string of the molecule is O=C(c1csc(-c2ccccc2)n1)N1CCc2sccc2C1c1cccs1. The number of carbonyl (C=O) groups is 1. The summed E-state index contributed by atoms with van der Waals surface area (Å²) in [6.07, 6.45) is 0.913. The minimum Gasteiger partial charge on any atom is -0.325 e. The molecule has 0 aliphatic carbocycles. The monoisotopic (exact) mass is 408 g/mol. The molecule has 0 saturated heterocycles. The standard InChI is InChI=1S/C21H16N2OS3/c24-21(16-13-27-20(22-16)14-5-2-1-3-6-14)23-10-8-17-15(9-12-26-17)19(23)18-7-4-11-25-18/h1-7,9,11-13,19H,8,10H2. The van der Waals surface area contributed by atoms with Crippen LogP contribution in [-0.4, -0.2) is 22.3 Å². The average Bonchev–Trinajstić information content (AvgIpc) is 3.48. The summed E-state index contributed by atoms with van der Waals surface area (Å²) < 4.78 is 0. The Morgan fingerprint density at radius 1 is 1.00 bits per heavy atom. The molecule has 3 nitrogen and oxygen atoms in total. The van der Waals surface area contributed by atoms with E-state index in [9.17, 15) is 4.79 Å². The summed E-state index contributed by atoms with van der Waals surface area (Å²) in [7, 11) is 0. The summed E-state index contributed by atoms with van der Waals surface area (Å²) in [4.78, 5) is 22.6. The van der Waals surface area contributed by atoms with E-state index in [0.717, 1.165) is 23.5 Å². The molecule has 1 aliphatic heterocycles. The molecule has 5 rings (SSSR count). The molecule has 1 unspecified atom stereocenters. The van der Waals surface area contributed by atoms with Crippen LogP contribution in [0.15, 0.2) is 64.7 Å². The van der Waals surface area contributed by atoms with Crippen LogP contribution in [-0.2, 0) is 6.42 Å². The molecule has 0 bridgehead atoms. The number of thiophene rings is 2. The number of carbonyl (C=O) groups excluding carboxylic acids is 1. The maximum atomic E-state index is 13.4. The molecule has 134 valence electrons. The van der Waals surface area contributed by atoms with E-state index in [-0.39, 0.29) is 11.9 Å². The zero-order valence-electron chi connectivity index (χ0n) is 14.4. The summed E-state index contributed by atoms with van der Waals surface area (Å²) in [6, 6.07) is 16.4. The zero-order valence-corrected chi connectivity index (χ0v) is 16.8. The van der Waals surface area contributed by atoms with E-state index in [1.54, 1.807) is 22.7 Å². The summed E-state index contributed by atoms with van der Waals surface area (Å²) in [5, 5.41) is 6.99. The Kier molecular flexibility index (Phi) is 4.39. The van der Waals surface area contributed by atoms with Gasteiger partial charge in [0.2, 0.25) is 0 Å². The number of nitrogens with zero attached hydrogens (tertiary/aromatic N) is 2. The van der Waals surface area contributed by atoms with E-state index >= 15 is 0 Å². The van der Waals surface area contributed by atoms with Gasteiger partial charge in [-0.25, -0.2) is 4.98 Å². The largest absolute Gasteiger partial charge is 0.325 e. The van der Waals surface area contributed by atoms with Crippen LogP contribution in [0.3, 0.4) is 0 Å². The molecule has 0 saturated carbocycles. The van der Waals surface area contributed by atoms with Crippen molar-refractivity contribution in [1.82, 2.24) is 9.88 Å². The fourth-order valence-corrected chi connectivity index (χ4v) is 6.08. The number of aromatic nitrogens is 1. The lowest BCUT2D eigenvalue weighted by molar-refractivity contribution is 0.0693. The molecule has 3 aromatic heterocycles. The first-order chi connectivity index (χ1) is 13.3. The number of amides is 1. The molecule has 1 aliphatic rings. The Hall–Kier alpha value is -2.28. The van der Waals surface area contributed by atoms with Gasteiger partial charge in [-0.15, -0.1) is 34.0 Å². The third kappa shape index (κ3) is 3.04. The molecule has 0 radical (unpaired) electrons. The normalized spacial score (nSPS) is 16.3. The van der Waals surface area contributed by atoms with Gasteiger partial charge in [-0.1, -0.05) is 36.4 Å². The molecule has 0 spiro atoms. The van der Waals surface area contributed by atoms with E-state index in [0.29, 0.717) is 5.69 Å². The van der Waals surface area contributed by atoms with Crippen molar-refractivity contribution in [3.05, 3.63) is 85.7 Å². The van der Waals surface area contributed by atoms with Crippen molar-refractivity contribution in [2.45, 2.75) is 12.5 Å². The quantitative estimate of drug-likeness (QED) is 0.434. The predicted molar refractivity (Wildman–Crippen MR) is 113 cm³/mol. The predicted octanol–water partition coefficient (Wildman–Crippen LogP) is 5.72. The number of benzene rings is 1. The van der Waals surface area contributed by atoms with Crippen molar-refractivity contribution in [3.63, 3.8) is 0 Å². The first kappa shape index (κ1) is 16.9. The van der Waals surface area contributed by atoms with Crippen molar-refractivity contribution >= 4 is 39.9 Å². The van der Waals surface area contributed by atoms with Crippen LogP contribution in [0.1, 0.15) is 31.8 Å². The molecule has 0 N–H and O–H groups in total. The van der Waals surface area contributed by atoms with E-state index in [4.69, 9.17) is 0 Å². The third-order valence-electron chi connectivity index (χ3n) is 4.78. The first-order valence-electron chi connectivity index (χ1n) is 8.73. The summed E-state index contributed by atoms with van der Waals surface area (Å²) in [5.41, 5.74) is 2.86. The highest BCUT2D eigenvalue weighted by molar-refractivity contribution is 7.13. The van der Waals surface area contributed by atoms with Gasteiger partial charge >= 0.3 is 0 Å². The first-order valence-corrected chi connectivity index (χ1v) is 11.4. The second kappa shape index (κ2) is 7.03. The summed E-state index contributed by atoms with van der Waals surface area (Å²) >= 11 is 5.03. The number of hydrogen-bond acceptors (Lipinski definition) is 5. The van der Waals surface area contributed by atoms with Crippen molar-refractivity contribution in [1.29, 1.82) is 0 Å². The topological polar surface area (TPSA) is 33.2 Å². The molecule has 0 fully saturated rings. The Bertz CT molecular complexity index is 1070. The van der Waals surface area contributed by atoms with E-state index < -0.39 is 0 Å². The lowest BCUT2D eigenvalue weighted by atomic mass is 9.98. The van der Waals surface area contributed by atoms with Gasteiger partial charge in [0.1, 0.15) is 10.7 Å². The van der Waals surface area contributed by atoms with Crippen molar-refractivity contribution in [2.75, 3.05) is 6.54 Å². The van der Waals surface area contributed by atoms with Crippen molar-refractivity contribution < 1.29 is 4.79 Å². The summed E-state index contributed by atoms with van der Waals surface area (Å²) in [5.74, 6) is 0.0173. The molecule has 1 atom stereocenters. The highest BCUT2D eigenvalue weighted by Crippen LogP contribution is 2.40. The van der Waals surface area contributed by atoms with E-state index in [1.165, 1.54) is 26.7 Å². The second-order valence-corrected chi connectivity index (χ2v) is 9.21. The smallest absolute Gasteiger partial charge is 0.274 e. The third-order valence-corrected chi connectivity index (χ3v) is 7.60. The van der Waals surface area contributed by atoms with Crippen LogP contribution in [0.25, 0.3) is 10.6 Å². The van der Waals surface area contributed by atoms with Crippen LogP contribution in [0, 0.1) is 0 Å². The molecule has 1 aromatic carbocycles. The van der Waals surface area contributed by atoms with Gasteiger partial charge in [0.25, 0.3) is 5.91 Å². The van der Waals surface area contributed by atoms with Crippen LogP contribution in [0.4, 0.5) is 0 Å². The number of rotatable bonds is 3. The molecule has 27 heavy (non-hydrogen) atoms. The zero-order chi connectivity index (χ0) is 18.2. The van der Waals surface area contributed by atoms with Gasteiger partial charge in [0.15, 0.2) is 0 Å². The van der Waals surface area contributed by atoms with Gasteiger partial charge in [0.05, 0.1) is 6.04 Å². The van der Waals surface area contributed by atoms with Crippen molar-refractivity contribution in [2.24, 2.45) is 0 Å². The van der Waals surface area contributed by atoms with Crippen molar-refractivity contribution in [3.8, 4) is 10.6 Å². The average molecular weight is 409 g/mol. The maximum Gasteiger partial charge on any atom is 0.274 e. The Balaban J connectivity index is 1.50. The molecule has 4 heterocycles. The molecule has 4 aromatic rings. The Morgan fingerprint density at radius 3 is 2.70 bits per heavy atom. The fourth-order valence-electron chi connectivity index (χ4n) is 3.52. The Labute approximate surface area is 169 Å². The minimum absolute atomic E-state index is 0.00521. The van der Waals surface area contributed by atoms with Crippen LogP contribution < -0.4 is 0 Å². The van der Waals surface area contributed by atoms with Crippen LogP contribution in [0.2, 0.25) is 0 Å². The molecule has 6 heteroatoms. The van der Waals surface area contributed by atoms with Crippen LogP contribution >= 0.6 is 34.0 Å². The van der Waals surface area contributed by atoms with Gasteiger partial charge < -0.3 is 4.90 Å². The lowest BCUT2D eigenvalue weighted by Gasteiger charge is -2.35. The molecular formula is C21H16N2OS3. The minimum atomic E-state index is -0.00521. The van der Waals surface area contributed by atoms with E-state index in [2.05, 4.69) is 33.9 Å². The van der Waals surface area contributed by atoms with Gasteiger partial charge in [0, 0.05) is 27.2 Å². The highest BCUT2D eigenvalue weighted by Gasteiger charge is 2.34. The molecule has 1 amide bonds.